The van der Waals surface area contributed by atoms with Crippen molar-refractivity contribution in [1.82, 2.24) is 14.3 Å². The number of aromatic nitrogens is 2. The van der Waals surface area contributed by atoms with Gasteiger partial charge in [-0.1, -0.05) is 13.0 Å². The third-order valence-corrected chi connectivity index (χ3v) is 5.67. The van der Waals surface area contributed by atoms with Gasteiger partial charge in [-0.2, -0.15) is 0 Å². The van der Waals surface area contributed by atoms with Gasteiger partial charge in [-0.05, 0) is 58.1 Å². The van der Waals surface area contributed by atoms with Gasteiger partial charge in [0.05, 0.1) is 5.69 Å². The number of amides is 1. The van der Waals surface area contributed by atoms with Crippen molar-refractivity contribution in [1.29, 1.82) is 0 Å². The summed E-state index contributed by atoms with van der Waals surface area (Å²) in [6.45, 7) is 10.4. The molecule has 2 aromatic heterocycles. The van der Waals surface area contributed by atoms with Crippen LogP contribution in [0.1, 0.15) is 58.6 Å². The third-order valence-electron chi connectivity index (χ3n) is 5.67. The van der Waals surface area contributed by atoms with Gasteiger partial charge in [0, 0.05) is 36.7 Å². The molecular formula is C21H30N4O. The lowest BCUT2D eigenvalue weighted by atomic mass is 9.92. The molecule has 2 atom stereocenters. The van der Waals surface area contributed by atoms with Crippen LogP contribution in [0.25, 0.3) is 5.65 Å². The van der Waals surface area contributed by atoms with E-state index in [2.05, 4.69) is 54.6 Å². The summed E-state index contributed by atoms with van der Waals surface area (Å²) >= 11 is 0. The third kappa shape index (κ3) is 3.31. The molecule has 26 heavy (non-hydrogen) atoms. The number of nitrogens with zero attached hydrogens (tertiary/aromatic N) is 3. The van der Waals surface area contributed by atoms with Gasteiger partial charge in [0.15, 0.2) is 0 Å². The first-order chi connectivity index (χ1) is 12.3. The fraction of sp³-hybridized carbons (Fsp3) is 0.619. The molecule has 5 nitrogen and oxygen atoms in total. The predicted octanol–water partition coefficient (Wildman–Crippen LogP) is 3.91. The number of carbonyl (C=O) groups excluding carboxylic acids is 1. The molecular weight excluding hydrogens is 324 g/mol. The molecule has 1 saturated heterocycles. The molecule has 1 saturated carbocycles. The van der Waals surface area contributed by atoms with E-state index in [1.54, 1.807) is 0 Å². The zero-order valence-electron chi connectivity index (χ0n) is 16.3. The minimum Gasteiger partial charge on any atom is -0.365 e. The number of nitrogens with one attached hydrogen (secondary N) is 1. The summed E-state index contributed by atoms with van der Waals surface area (Å²) in [7, 11) is 0. The number of imidazole rings is 1. The zero-order valence-corrected chi connectivity index (χ0v) is 16.3. The fourth-order valence-electron chi connectivity index (χ4n) is 4.05. The first-order valence-corrected chi connectivity index (χ1v) is 9.87. The van der Waals surface area contributed by atoms with Crippen LogP contribution in [0.4, 0.5) is 5.82 Å². The van der Waals surface area contributed by atoms with E-state index in [1.165, 1.54) is 0 Å². The lowest BCUT2D eigenvalue weighted by Crippen LogP contribution is -2.39. The summed E-state index contributed by atoms with van der Waals surface area (Å²) in [6.07, 6.45) is 5.14. The first kappa shape index (κ1) is 17.4. The highest BCUT2D eigenvalue weighted by atomic mass is 16.2. The topological polar surface area (TPSA) is 49.6 Å². The van der Waals surface area contributed by atoms with E-state index in [1.807, 2.05) is 12.1 Å². The first-order valence-electron chi connectivity index (χ1n) is 9.87. The van der Waals surface area contributed by atoms with Gasteiger partial charge < -0.3 is 10.2 Å². The van der Waals surface area contributed by atoms with Gasteiger partial charge in [0.2, 0.25) is 5.91 Å². The average Bonchev–Trinajstić information content (AvgIpc) is 3.23. The van der Waals surface area contributed by atoms with Gasteiger partial charge in [-0.3, -0.25) is 9.20 Å². The van der Waals surface area contributed by atoms with Crippen LogP contribution < -0.4 is 5.32 Å². The number of carbonyl (C=O) groups is 1. The molecule has 0 bridgehead atoms. The van der Waals surface area contributed by atoms with E-state index in [0.717, 1.165) is 49.5 Å². The van der Waals surface area contributed by atoms with Crippen LogP contribution in [0.3, 0.4) is 0 Å². The van der Waals surface area contributed by atoms with Crippen LogP contribution in [0, 0.1) is 11.8 Å². The molecule has 3 heterocycles. The molecule has 2 fully saturated rings. The Labute approximate surface area is 155 Å². The zero-order chi connectivity index (χ0) is 18.5. The number of likely N-dealkylation sites (tertiary alicyclic amines) is 1. The lowest BCUT2D eigenvalue weighted by molar-refractivity contribution is -0.133. The quantitative estimate of drug-likeness (QED) is 0.909. The Hall–Kier alpha value is -2.04. The highest BCUT2D eigenvalue weighted by Crippen LogP contribution is 2.41. The number of rotatable bonds is 3. The molecule has 0 radical (unpaired) electrons. The van der Waals surface area contributed by atoms with E-state index in [4.69, 9.17) is 4.98 Å². The van der Waals surface area contributed by atoms with Crippen LogP contribution in [-0.4, -0.2) is 38.8 Å². The average molecular weight is 354 g/mol. The van der Waals surface area contributed by atoms with Crippen LogP contribution >= 0.6 is 0 Å². The summed E-state index contributed by atoms with van der Waals surface area (Å²) < 4.78 is 2.16. The van der Waals surface area contributed by atoms with Crippen molar-refractivity contribution in [2.45, 2.75) is 58.4 Å². The van der Waals surface area contributed by atoms with Crippen LogP contribution in [0.5, 0.6) is 0 Å². The Morgan fingerprint density at radius 1 is 1.23 bits per heavy atom. The molecule has 1 aliphatic heterocycles. The smallest absolute Gasteiger partial charge is 0.225 e. The fourth-order valence-corrected chi connectivity index (χ4v) is 4.05. The van der Waals surface area contributed by atoms with Crippen molar-refractivity contribution in [2.24, 2.45) is 11.8 Å². The van der Waals surface area contributed by atoms with Gasteiger partial charge in [-0.15, -0.1) is 0 Å². The van der Waals surface area contributed by atoms with Crippen molar-refractivity contribution in [3.8, 4) is 0 Å². The van der Waals surface area contributed by atoms with E-state index < -0.39 is 0 Å². The highest BCUT2D eigenvalue weighted by Gasteiger charge is 2.42. The molecule has 0 spiro atoms. The summed E-state index contributed by atoms with van der Waals surface area (Å²) in [5.74, 6) is 2.76. The van der Waals surface area contributed by atoms with Crippen molar-refractivity contribution < 1.29 is 4.79 Å². The molecule has 2 aliphatic rings. The molecule has 2 aromatic rings. The summed E-state index contributed by atoms with van der Waals surface area (Å²) in [4.78, 5) is 19.5. The second kappa shape index (κ2) is 6.29. The lowest BCUT2D eigenvalue weighted by Gasteiger charge is -2.32. The molecule has 4 rings (SSSR count). The second-order valence-corrected chi connectivity index (χ2v) is 9.07. The molecule has 140 valence electrons. The number of hydrogen-bond donors (Lipinski definition) is 1. The molecule has 1 aliphatic carbocycles. The maximum absolute atomic E-state index is 12.5. The second-order valence-electron chi connectivity index (χ2n) is 9.07. The number of anilines is 1. The monoisotopic (exact) mass is 354 g/mol. The standard InChI is InChI=1S/C21H30N4O/c1-14-13-16(14)20(26)24-11-8-15(9-12-24)18-19(23-21(2,3)4)25-10-6-5-7-17(25)22-18/h5-7,10,14-16,23H,8-9,11-13H2,1-4H3/t14-,16-/m1/s1. The number of piperidine rings is 1. The predicted molar refractivity (Wildman–Crippen MR) is 104 cm³/mol. The van der Waals surface area contributed by atoms with E-state index in [-0.39, 0.29) is 5.54 Å². The maximum atomic E-state index is 12.5. The molecule has 1 N–H and O–H groups in total. The van der Waals surface area contributed by atoms with E-state index >= 15 is 0 Å². The SMILES string of the molecule is C[C@@H]1C[C@H]1C(=O)N1CCC(c2nc3ccccn3c2NC(C)(C)C)CC1. The van der Waals surface area contributed by atoms with E-state index in [0.29, 0.717) is 23.7 Å². The molecule has 0 aromatic carbocycles. The number of fused-ring (bicyclic) bond motifs is 1. The van der Waals surface area contributed by atoms with Crippen LogP contribution in [0.2, 0.25) is 0 Å². The van der Waals surface area contributed by atoms with Gasteiger partial charge >= 0.3 is 0 Å². The van der Waals surface area contributed by atoms with E-state index in [9.17, 15) is 4.79 Å². The minimum absolute atomic E-state index is 0.0284. The van der Waals surface area contributed by atoms with Crippen molar-refractivity contribution in [3.05, 3.63) is 30.1 Å². The molecule has 1 amide bonds. The van der Waals surface area contributed by atoms with Crippen molar-refractivity contribution in [2.75, 3.05) is 18.4 Å². The summed E-state index contributed by atoms with van der Waals surface area (Å²) in [6, 6.07) is 6.14. The minimum atomic E-state index is -0.0284. The van der Waals surface area contributed by atoms with Crippen LogP contribution in [-0.2, 0) is 4.79 Å². The number of pyridine rings is 1. The van der Waals surface area contributed by atoms with Crippen LogP contribution in [0.15, 0.2) is 24.4 Å². The van der Waals surface area contributed by atoms with Gasteiger partial charge in [-0.25, -0.2) is 4.98 Å². The Morgan fingerprint density at radius 2 is 1.92 bits per heavy atom. The Balaban J connectivity index is 1.55. The highest BCUT2D eigenvalue weighted by molar-refractivity contribution is 5.81. The Morgan fingerprint density at radius 3 is 2.54 bits per heavy atom. The molecule has 0 unspecified atom stereocenters. The van der Waals surface area contributed by atoms with Crippen molar-refractivity contribution >= 4 is 17.4 Å². The molecule has 5 heteroatoms. The Kier molecular flexibility index (Phi) is 4.20. The summed E-state index contributed by atoms with van der Waals surface area (Å²) in [5.41, 5.74) is 2.11. The van der Waals surface area contributed by atoms with Gasteiger partial charge in [0.25, 0.3) is 0 Å². The maximum Gasteiger partial charge on any atom is 0.225 e. The normalized spacial score (nSPS) is 24.1. The largest absolute Gasteiger partial charge is 0.365 e. The van der Waals surface area contributed by atoms with Crippen molar-refractivity contribution in [3.63, 3.8) is 0 Å². The summed E-state index contributed by atoms with van der Waals surface area (Å²) in [5, 5.41) is 3.66. The number of hydrogen-bond acceptors (Lipinski definition) is 3. The van der Waals surface area contributed by atoms with Gasteiger partial charge in [0.1, 0.15) is 11.5 Å². The Bertz CT molecular complexity index is 811.